The van der Waals surface area contributed by atoms with Crippen molar-refractivity contribution >= 4 is 23.2 Å². The van der Waals surface area contributed by atoms with E-state index in [4.69, 9.17) is 4.74 Å². The third-order valence-electron chi connectivity index (χ3n) is 5.59. The van der Waals surface area contributed by atoms with E-state index in [-0.39, 0.29) is 30.0 Å². The number of nitrogens with one attached hydrogen (secondary N) is 1. The van der Waals surface area contributed by atoms with Gasteiger partial charge in [-0.05, 0) is 25.3 Å². The van der Waals surface area contributed by atoms with Gasteiger partial charge >= 0.3 is 0 Å². The van der Waals surface area contributed by atoms with Gasteiger partial charge in [-0.25, -0.2) is 4.98 Å². The second kappa shape index (κ2) is 8.23. The van der Waals surface area contributed by atoms with E-state index in [0.29, 0.717) is 62.2 Å². The minimum atomic E-state index is -0.466. The number of nitro groups is 1. The van der Waals surface area contributed by atoms with Crippen LogP contribution in [0.15, 0.2) is 23.0 Å². The molecule has 0 atom stereocenters. The van der Waals surface area contributed by atoms with Crippen molar-refractivity contribution < 1.29 is 14.5 Å². The lowest BCUT2D eigenvalue weighted by Crippen LogP contribution is -2.38. The first-order chi connectivity index (χ1) is 14.4. The topological polar surface area (TPSA) is 122 Å². The molecule has 0 radical (unpaired) electrons. The van der Waals surface area contributed by atoms with E-state index in [1.807, 2.05) is 4.90 Å². The van der Waals surface area contributed by atoms with Crippen molar-refractivity contribution in [2.75, 3.05) is 42.6 Å². The molecule has 2 aliphatic rings. The number of aryl methyl sites for hydroxylation is 1. The molecule has 0 spiro atoms. The number of anilines is 2. The summed E-state index contributed by atoms with van der Waals surface area (Å²) in [6.07, 6.45) is 1.05. The smallest absolute Gasteiger partial charge is 0.271 e. The van der Waals surface area contributed by atoms with Crippen molar-refractivity contribution in [3.8, 4) is 0 Å². The first-order valence-corrected chi connectivity index (χ1v) is 9.94. The molecule has 1 saturated heterocycles. The minimum absolute atomic E-state index is 0.0383. The third-order valence-corrected chi connectivity index (χ3v) is 5.59. The molecule has 4 rings (SSSR count). The normalized spacial score (nSPS) is 15.9. The summed E-state index contributed by atoms with van der Waals surface area (Å²) in [4.78, 5) is 46.9. The van der Waals surface area contributed by atoms with Crippen molar-refractivity contribution in [2.45, 2.75) is 26.2 Å². The number of carbonyl (C=O) groups is 1. The molecule has 0 aliphatic carbocycles. The number of fused-ring (bicyclic) bond motifs is 1. The van der Waals surface area contributed by atoms with Crippen LogP contribution in [0.3, 0.4) is 0 Å². The van der Waals surface area contributed by atoms with Crippen LogP contribution in [0.25, 0.3) is 0 Å². The number of rotatable bonds is 5. The first-order valence-electron chi connectivity index (χ1n) is 9.94. The lowest BCUT2D eigenvalue weighted by Gasteiger charge is -2.27. The van der Waals surface area contributed by atoms with Crippen LogP contribution in [-0.4, -0.2) is 53.6 Å². The number of nitrogens with zero attached hydrogens (tertiary/aromatic N) is 4. The largest absolute Gasteiger partial charge is 0.378 e. The zero-order valence-electron chi connectivity index (χ0n) is 16.7. The fourth-order valence-corrected chi connectivity index (χ4v) is 3.92. The van der Waals surface area contributed by atoms with Gasteiger partial charge < -0.3 is 14.5 Å². The summed E-state index contributed by atoms with van der Waals surface area (Å²) in [5, 5.41) is 11.1. The number of hydrogen-bond donors (Lipinski definition) is 1. The quantitative estimate of drug-likeness (QED) is 0.580. The van der Waals surface area contributed by atoms with Gasteiger partial charge in [-0.3, -0.25) is 24.7 Å². The van der Waals surface area contributed by atoms with E-state index < -0.39 is 4.92 Å². The Hall–Kier alpha value is -3.27. The molecule has 10 nitrogen and oxygen atoms in total. The number of H-pyrrole nitrogens is 1. The molecule has 1 N–H and O–H groups in total. The number of nitro benzene ring substituents is 1. The first kappa shape index (κ1) is 20.0. The third kappa shape index (κ3) is 3.90. The van der Waals surface area contributed by atoms with E-state index in [1.165, 1.54) is 12.1 Å². The second-order valence-corrected chi connectivity index (χ2v) is 7.42. The zero-order valence-corrected chi connectivity index (χ0v) is 16.7. The number of amides is 1. The van der Waals surface area contributed by atoms with Gasteiger partial charge in [-0.15, -0.1) is 0 Å². The Bertz CT molecular complexity index is 1040. The van der Waals surface area contributed by atoms with Gasteiger partial charge in [0.1, 0.15) is 0 Å². The molecule has 1 fully saturated rings. The van der Waals surface area contributed by atoms with Gasteiger partial charge in [0.2, 0.25) is 11.9 Å². The van der Waals surface area contributed by atoms with Crippen molar-refractivity contribution in [1.82, 2.24) is 9.97 Å². The van der Waals surface area contributed by atoms with Gasteiger partial charge in [-0.2, -0.15) is 0 Å². The van der Waals surface area contributed by atoms with Crippen molar-refractivity contribution in [3.63, 3.8) is 0 Å². The number of aromatic amines is 1. The van der Waals surface area contributed by atoms with Crippen molar-refractivity contribution in [3.05, 3.63) is 55.5 Å². The lowest BCUT2D eigenvalue weighted by atomic mass is 10.1. The lowest BCUT2D eigenvalue weighted by molar-refractivity contribution is -0.384. The zero-order chi connectivity index (χ0) is 21.3. The Morgan fingerprint density at radius 3 is 2.77 bits per heavy atom. The highest BCUT2D eigenvalue weighted by atomic mass is 16.6. The van der Waals surface area contributed by atoms with Gasteiger partial charge in [0.25, 0.3) is 11.2 Å². The molecule has 3 heterocycles. The van der Waals surface area contributed by atoms with Gasteiger partial charge in [-0.1, -0.05) is 6.07 Å². The predicted molar refractivity (Wildman–Crippen MR) is 110 cm³/mol. The predicted octanol–water partition coefficient (Wildman–Crippen LogP) is 1.35. The molecule has 1 amide bonds. The maximum Gasteiger partial charge on any atom is 0.271 e. The van der Waals surface area contributed by atoms with Crippen LogP contribution < -0.4 is 15.4 Å². The van der Waals surface area contributed by atoms with Crippen molar-refractivity contribution in [1.29, 1.82) is 0 Å². The SMILES string of the molecule is Cc1nc(N2CCOCC2)[nH]c(=O)c1CCC(=O)N1CCc2ccc([N+](=O)[O-])cc21. The highest BCUT2D eigenvalue weighted by Crippen LogP contribution is 2.32. The number of non-ortho nitro benzene ring substituents is 1. The Kier molecular flexibility index (Phi) is 5.49. The summed E-state index contributed by atoms with van der Waals surface area (Å²) >= 11 is 0. The standard InChI is InChI=1S/C20H23N5O5/c1-13-16(19(27)22-20(21-13)23-8-10-30-11-9-23)4-5-18(26)24-7-6-14-2-3-15(25(28)29)12-17(14)24/h2-3,12H,4-11H2,1H3,(H,21,22,27). The van der Waals surface area contributed by atoms with E-state index in [1.54, 1.807) is 17.9 Å². The molecule has 2 aromatic rings. The molecular formula is C20H23N5O5. The molecule has 0 unspecified atom stereocenters. The second-order valence-electron chi connectivity index (χ2n) is 7.42. The summed E-state index contributed by atoms with van der Waals surface area (Å²) in [5.74, 6) is 0.363. The highest BCUT2D eigenvalue weighted by molar-refractivity contribution is 5.96. The summed E-state index contributed by atoms with van der Waals surface area (Å²) < 4.78 is 5.32. The maximum atomic E-state index is 12.8. The molecular weight excluding hydrogens is 390 g/mol. The van der Waals surface area contributed by atoms with E-state index in [9.17, 15) is 19.7 Å². The summed E-state index contributed by atoms with van der Waals surface area (Å²) in [6, 6.07) is 4.60. The van der Waals surface area contributed by atoms with Crippen LogP contribution in [0.5, 0.6) is 0 Å². The average Bonchev–Trinajstić information content (AvgIpc) is 3.17. The fraction of sp³-hybridized carbons (Fsp3) is 0.450. The minimum Gasteiger partial charge on any atom is -0.378 e. The maximum absolute atomic E-state index is 12.8. The van der Waals surface area contributed by atoms with Gasteiger partial charge in [0.05, 0.1) is 23.8 Å². The number of ether oxygens (including phenoxy) is 1. The Balaban J connectivity index is 1.47. The molecule has 30 heavy (non-hydrogen) atoms. The van der Waals surface area contributed by atoms with Crippen molar-refractivity contribution in [2.24, 2.45) is 0 Å². The Labute approximate surface area is 172 Å². The van der Waals surface area contributed by atoms with E-state index in [2.05, 4.69) is 9.97 Å². The Morgan fingerprint density at radius 1 is 1.30 bits per heavy atom. The number of aromatic nitrogens is 2. The van der Waals surface area contributed by atoms with Crippen LogP contribution in [0.2, 0.25) is 0 Å². The highest BCUT2D eigenvalue weighted by Gasteiger charge is 2.27. The molecule has 0 saturated carbocycles. The molecule has 0 bridgehead atoms. The summed E-state index contributed by atoms with van der Waals surface area (Å²) in [5.41, 5.74) is 2.31. The molecule has 1 aromatic carbocycles. The van der Waals surface area contributed by atoms with Gasteiger partial charge in [0.15, 0.2) is 0 Å². The van der Waals surface area contributed by atoms with E-state index in [0.717, 1.165) is 5.56 Å². The molecule has 10 heteroatoms. The monoisotopic (exact) mass is 413 g/mol. The van der Waals surface area contributed by atoms with Crippen LogP contribution in [0.1, 0.15) is 23.2 Å². The van der Waals surface area contributed by atoms with Crippen LogP contribution in [0.4, 0.5) is 17.3 Å². The van der Waals surface area contributed by atoms with Crippen LogP contribution in [0, 0.1) is 17.0 Å². The fourth-order valence-electron chi connectivity index (χ4n) is 3.92. The van der Waals surface area contributed by atoms with Crippen LogP contribution >= 0.6 is 0 Å². The van der Waals surface area contributed by atoms with Crippen LogP contribution in [-0.2, 0) is 22.4 Å². The molecule has 2 aliphatic heterocycles. The average molecular weight is 413 g/mol. The number of morpholine rings is 1. The summed E-state index contributed by atoms with van der Waals surface area (Å²) in [7, 11) is 0. The summed E-state index contributed by atoms with van der Waals surface area (Å²) in [6.45, 7) is 4.77. The Morgan fingerprint density at radius 2 is 2.07 bits per heavy atom. The number of benzene rings is 1. The molecule has 1 aromatic heterocycles. The van der Waals surface area contributed by atoms with E-state index >= 15 is 0 Å². The molecule has 158 valence electrons. The number of carbonyl (C=O) groups excluding carboxylic acids is 1. The number of hydrogen-bond acceptors (Lipinski definition) is 7. The van der Waals surface area contributed by atoms with Gasteiger partial charge in [0, 0.05) is 49.4 Å².